The molecule has 1 atom stereocenters. The van der Waals surface area contributed by atoms with Crippen LogP contribution in [-0.4, -0.2) is 42.5 Å². The van der Waals surface area contributed by atoms with Gasteiger partial charge in [0.05, 0.1) is 7.11 Å². The van der Waals surface area contributed by atoms with E-state index in [9.17, 15) is 5.11 Å². The second kappa shape index (κ2) is 7.24. The quantitative estimate of drug-likeness (QED) is 0.816. The van der Waals surface area contributed by atoms with Crippen LogP contribution in [0.4, 0.5) is 0 Å². The Morgan fingerprint density at radius 2 is 2.10 bits per heavy atom. The lowest BCUT2D eigenvalue weighted by atomic mass is 10.1. The van der Waals surface area contributed by atoms with Crippen LogP contribution in [-0.2, 0) is 0 Å². The Kier molecular flexibility index (Phi) is 5.36. The number of hydrogen-bond acceptors (Lipinski definition) is 5. The molecule has 0 spiro atoms. The van der Waals surface area contributed by atoms with Crippen molar-refractivity contribution in [3.05, 3.63) is 30.5 Å². The van der Waals surface area contributed by atoms with Crippen LogP contribution in [0.25, 0.3) is 10.8 Å². The van der Waals surface area contributed by atoms with Gasteiger partial charge in [-0.2, -0.15) is 0 Å². The second-order valence-corrected chi connectivity index (χ2v) is 5.23. The Balaban J connectivity index is 2.07. The van der Waals surface area contributed by atoms with Crippen molar-refractivity contribution in [2.75, 3.05) is 20.3 Å². The summed E-state index contributed by atoms with van der Waals surface area (Å²) in [7, 11) is 1.62. The van der Waals surface area contributed by atoms with E-state index in [0.717, 1.165) is 16.5 Å². The molecule has 1 aromatic heterocycles. The van der Waals surface area contributed by atoms with E-state index in [-0.39, 0.29) is 6.61 Å². The zero-order valence-corrected chi connectivity index (χ0v) is 12.7. The molecule has 1 heterocycles. The molecule has 2 rings (SSSR count). The third-order valence-electron chi connectivity index (χ3n) is 3.11. The molecule has 0 radical (unpaired) electrons. The number of benzene rings is 1. The lowest BCUT2D eigenvalue weighted by Crippen LogP contribution is -2.35. The number of nitrogens with one attached hydrogen (secondary N) is 1. The number of fused-ring (bicyclic) bond motifs is 1. The molecule has 21 heavy (non-hydrogen) atoms. The first-order valence-corrected chi connectivity index (χ1v) is 7.07. The van der Waals surface area contributed by atoms with E-state index in [1.54, 1.807) is 13.3 Å². The summed E-state index contributed by atoms with van der Waals surface area (Å²) in [4.78, 5) is 4.24. The summed E-state index contributed by atoms with van der Waals surface area (Å²) in [5.74, 6) is 1.26. The lowest BCUT2D eigenvalue weighted by Gasteiger charge is -2.15. The number of rotatable bonds is 7. The Bertz CT molecular complexity index is 587. The van der Waals surface area contributed by atoms with E-state index in [1.165, 1.54) is 0 Å². The minimum absolute atomic E-state index is 0.197. The fourth-order valence-electron chi connectivity index (χ4n) is 1.97. The number of aliphatic hydroxyl groups is 1. The van der Waals surface area contributed by atoms with Crippen molar-refractivity contribution in [1.29, 1.82) is 0 Å². The summed E-state index contributed by atoms with van der Waals surface area (Å²) in [6.45, 7) is 4.76. The normalized spacial score (nSPS) is 12.6. The van der Waals surface area contributed by atoms with E-state index < -0.39 is 6.10 Å². The molecule has 0 saturated carbocycles. The fourth-order valence-corrected chi connectivity index (χ4v) is 1.97. The maximum atomic E-state index is 9.89. The smallest absolute Gasteiger partial charge is 0.221 e. The minimum atomic E-state index is -0.574. The monoisotopic (exact) mass is 290 g/mol. The molecular weight excluding hydrogens is 268 g/mol. The highest BCUT2D eigenvalue weighted by Crippen LogP contribution is 2.27. The third kappa shape index (κ3) is 4.31. The Morgan fingerprint density at radius 3 is 2.81 bits per heavy atom. The minimum Gasteiger partial charge on any atom is -0.497 e. The second-order valence-electron chi connectivity index (χ2n) is 5.23. The fraction of sp³-hybridized carbons (Fsp3) is 0.438. The number of nitrogens with zero attached hydrogens (tertiary/aromatic N) is 1. The first-order valence-electron chi connectivity index (χ1n) is 7.07. The van der Waals surface area contributed by atoms with Gasteiger partial charge in [0.2, 0.25) is 5.88 Å². The maximum absolute atomic E-state index is 9.89. The zero-order valence-electron chi connectivity index (χ0n) is 12.7. The van der Waals surface area contributed by atoms with Gasteiger partial charge >= 0.3 is 0 Å². The van der Waals surface area contributed by atoms with Gasteiger partial charge in [-0.3, -0.25) is 0 Å². The average molecular weight is 290 g/mol. The van der Waals surface area contributed by atoms with Gasteiger partial charge in [0.1, 0.15) is 18.5 Å². The van der Waals surface area contributed by atoms with E-state index in [1.807, 2.05) is 38.1 Å². The van der Waals surface area contributed by atoms with Crippen LogP contribution in [0.5, 0.6) is 11.6 Å². The molecule has 1 unspecified atom stereocenters. The van der Waals surface area contributed by atoms with Crippen molar-refractivity contribution in [2.24, 2.45) is 0 Å². The molecule has 1 aromatic carbocycles. The predicted molar refractivity (Wildman–Crippen MR) is 82.9 cm³/mol. The van der Waals surface area contributed by atoms with Crippen LogP contribution < -0.4 is 14.8 Å². The van der Waals surface area contributed by atoms with Gasteiger partial charge in [0.25, 0.3) is 0 Å². The van der Waals surface area contributed by atoms with Crippen LogP contribution in [0.3, 0.4) is 0 Å². The highest BCUT2D eigenvalue weighted by Gasteiger charge is 2.09. The zero-order chi connectivity index (χ0) is 15.2. The van der Waals surface area contributed by atoms with Crippen LogP contribution >= 0.6 is 0 Å². The number of pyridine rings is 1. The van der Waals surface area contributed by atoms with E-state index >= 15 is 0 Å². The maximum Gasteiger partial charge on any atom is 0.221 e. The highest BCUT2D eigenvalue weighted by molar-refractivity contribution is 5.87. The van der Waals surface area contributed by atoms with Crippen LogP contribution in [0.2, 0.25) is 0 Å². The van der Waals surface area contributed by atoms with Crippen molar-refractivity contribution in [3.8, 4) is 11.6 Å². The molecule has 5 nitrogen and oxygen atoms in total. The molecule has 0 aliphatic heterocycles. The van der Waals surface area contributed by atoms with Gasteiger partial charge in [-0.15, -0.1) is 0 Å². The molecular formula is C16H22N2O3. The molecule has 0 aliphatic carbocycles. The summed E-state index contributed by atoms with van der Waals surface area (Å²) in [6, 6.07) is 7.99. The number of ether oxygens (including phenoxy) is 2. The molecule has 2 N–H and O–H groups in total. The summed E-state index contributed by atoms with van der Waals surface area (Å²) in [5, 5.41) is 15.0. The summed E-state index contributed by atoms with van der Waals surface area (Å²) >= 11 is 0. The van der Waals surface area contributed by atoms with Crippen molar-refractivity contribution in [1.82, 2.24) is 10.3 Å². The van der Waals surface area contributed by atoms with Crippen LogP contribution in [0, 0.1) is 0 Å². The van der Waals surface area contributed by atoms with Crippen LogP contribution in [0.15, 0.2) is 30.5 Å². The Hall–Kier alpha value is -1.85. The standard InChI is InChI=1S/C16H22N2O3/c1-11(2)18-9-13(19)10-21-16-15-8-14(20-3)5-4-12(15)6-7-17-16/h4-8,11,13,18-19H,9-10H2,1-3H3. The first kappa shape index (κ1) is 15.5. The summed E-state index contributed by atoms with van der Waals surface area (Å²) in [5.41, 5.74) is 0. The number of hydrogen-bond donors (Lipinski definition) is 2. The van der Waals surface area contributed by atoms with Gasteiger partial charge in [-0.25, -0.2) is 4.98 Å². The molecule has 0 saturated heterocycles. The SMILES string of the molecule is COc1ccc2ccnc(OCC(O)CNC(C)C)c2c1. The predicted octanol–water partition coefficient (Wildman–Crippen LogP) is 1.98. The largest absolute Gasteiger partial charge is 0.497 e. The van der Waals surface area contributed by atoms with E-state index in [2.05, 4.69) is 10.3 Å². The molecule has 0 fully saturated rings. The van der Waals surface area contributed by atoms with Gasteiger partial charge in [-0.1, -0.05) is 19.9 Å². The summed E-state index contributed by atoms with van der Waals surface area (Å²) < 4.78 is 10.9. The topological polar surface area (TPSA) is 63.6 Å². The van der Waals surface area contributed by atoms with E-state index in [0.29, 0.717) is 18.5 Å². The Labute approximate surface area is 124 Å². The number of aromatic nitrogens is 1. The number of methoxy groups -OCH3 is 1. The van der Waals surface area contributed by atoms with Gasteiger partial charge in [-0.05, 0) is 23.6 Å². The van der Waals surface area contributed by atoms with Crippen LogP contribution in [0.1, 0.15) is 13.8 Å². The summed E-state index contributed by atoms with van der Waals surface area (Å²) in [6.07, 6.45) is 1.12. The number of aliphatic hydroxyl groups excluding tert-OH is 1. The van der Waals surface area contributed by atoms with E-state index in [4.69, 9.17) is 9.47 Å². The third-order valence-corrected chi connectivity index (χ3v) is 3.11. The first-order chi connectivity index (χ1) is 10.1. The molecule has 0 aliphatic rings. The average Bonchev–Trinajstić information content (AvgIpc) is 2.50. The molecule has 2 aromatic rings. The molecule has 114 valence electrons. The van der Waals surface area contributed by atoms with Gasteiger partial charge < -0.3 is 19.9 Å². The van der Waals surface area contributed by atoms with Gasteiger partial charge in [0.15, 0.2) is 0 Å². The lowest BCUT2D eigenvalue weighted by molar-refractivity contribution is 0.103. The van der Waals surface area contributed by atoms with Crippen molar-refractivity contribution in [3.63, 3.8) is 0 Å². The van der Waals surface area contributed by atoms with Crippen molar-refractivity contribution < 1.29 is 14.6 Å². The highest BCUT2D eigenvalue weighted by atomic mass is 16.5. The molecule has 5 heteroatoms. The Morgan fingerprint density at radius 1 is 1.29 bits per heavy atom. The van der Waals surface area contributed by atoms with Gasteiger partial charge in [0, 0.05) is 24.2 Å². The molecule has 0 amide bonds. The van der Waals surface area contributed by atoms with Crippen molar-refractivity contribution >= 4 is 10.8 Å². The molecule has 0 bridgehead atoms. The van der Waals surface area contributed by atoms with Crippen molar-refractivity contribution in [2.45, 2.75) is 26.0 Å².